The molecule has 0 radical (unpaired) electrons. The molecule has 1 aromatic carbocycles. The van der Waals surface area contributed by atoms with Crippen LogP contribution in [-0.2, 0) is 17.6 Å². The highest BCUT2D eigenvalue weighted by molar-refractivity contribution is 5.77. The standard InChI is InChI=1S/C13H14N4O4/c1-9-15-12(16-21-9)8-13(18)14-7-6-10-2-4-11(5-3-10)17(19)20/h2-5H,6-8H2,1H3,(H,14,18). The number of nitrogens with zero attached hydrogens (tertiary/aromatic N) is 3. The van der Waals surface area contributed by atoms with Gasteiger partial charge in [-0.15, -0.1) is 0 Å². The van der Waals surface area contributed by atoms with Gasteiger partial charge in [-0.05, 0) is 12.0 Å². The number of carbonyl (C=O) groups excluding carboxylic acids is 1. The third-order valence-corrected chi connectivity index (χ3v) is 2.77. The van der Waals surface area contributed by atoms with Crippen LogP contribution in [0.2, 0.25) is 0 Å². The Labute approximate surface area is 120 Å². The van der Waals surface area contributed by atoms with Crippen molar-refractivity contribution in [3.05, 3.63) is 51.7 Å². The maximum Gasteiger partial charge on any atom is 0.269 e. The van der Waals surface area contributed by atoms with Gasteiger partial charge in [0.15, 0.2) is 5.82 Å². The first-order valence-electron chi connectivity index (χ1n) is 6.34. The monoisotopic (exact) mass is 290 g/mol. The highest BCUT2D eigenvalue weighted by Crippen LogP contribution is 2.11. The Balaban J connectivity index is 1.76. The number of hydrogen-bond donors (Lipinski definition) is 1. The molecule has 1 amide bonds. The molecule has 0 spiro atoms. The van der Waals surface area contributed by atoms with E-state index >= 15 is 0 Å². The fourth-order valence-corrected chi connectivity index (χ4v) is 1.75. The fraction of sp³-hybridized carbons (Fsp3) is 0.308. The van der Waals surface area contributed by atoms with Gasteiger partial charge in [-0.1, -0.05) is 17.3 Å². The van der Waals surface area contributed by atoms with E-state index in [9.17, 15) is 14.9 Å². The first-order valence-corrected chi connectivity index (χ1v) is 6.34. The Morgan fingerprint density at radius 2 is 2.10 bits per heavy atom. The van der Waals surface area contributed by atoms with Crippen LogP contribution in [-0.4, -0.2) is 27.5 Å². The molecule has 0 aliphatic carbocycles. The first-order chi connectivity index (χ1) is 10.0. The number of benzene rings is 1. The summed E-state index contributed by atoms with van der Waals surface area (Å²) in [7, 11) is 0. The van der Waals surface area contributed by atoms with Crippen LogP contribution in [0.15, 0.2) is 28.8 Å². The van der Waals surface area contributed by atoms with Crippen molar-refractivity contribution in [2.75, 3.05) is 6.54 Å². The predicted molar refractivity (Wildman–Crippen MR) is 72.5 cm³/mol. The predicted octanol–water partition coefficient (Wildman–Crippen LogP) is 1.19. The molecule has 110 valence electrons. The smallest absolute Gasteiger partial charge is 0.269 e. The van der Waals surface area contributed by atoms with E-state index in [0.717, 1.165) is 5.56 Å². The molecule has 1 heterocycles. The molecule has 0 aliphatic heterocycles. The average molecular weight is 290 g/mol. The van der Waals surface area contributed by atoms with Crippen LogP contribution in [0.1, 0.15) is 17.3 Å². The van der Waals surface area contributed by atoms with Gasteiger partial charge in [-0.2, -0.15) is 4.98 Å². The third kappa shape index (κ3) is 4.37. The van der Waals surface area contributed by atoms with Crippen molar-refractivity contribution in [2.24, 2.45) is 0 Å². The minimum absolute atomic E-state index is 0.0512. The van der Waals surface area contributed by atoms with Gasteiger partial charge in [-0.25, -0.2) is 0 Å². The second-order valence-electron chi connectivity index (χ2n) is 4.43. The normalized spacial score (nSPS) is 10.3. The zero-order valence-electron chi connectivity index (χ0n) is 11.4. The minimum atomic E-state index is -0.446. The number of nitrogens with one attached hydrogen (secondary N) is 1. The third-order valence-electron chi connectivity index (χ3n) is 2.77. The summed E-state index contributed by atoms with van der Waals surface area (Å²) in [5.41, 5.74) is 0.964. The molecule has 2 aromatic rings. The van der Waals surface area contributed by atoms with Crippen LogP contribution in [0.5, 0.6) is 0 Å². The van der Waals surface area contributed by atoms with Crippen molar-refractivity contribution in [1.82, 2.24) is 15.5 Å². The van der Waals surface area contributed by atoms with E-state index in [-0.39, 0.29) is 18.0 Å². The maximum atomic E-state index is 11.6. The Kier molecular flexibility index (Phi) is 4.60. The summed E-state index contributed by atoms with van der Waals surface area (Å²) in [4.78, 5) is 25.6. The van der Waals surface area contributed by atoms with E-state index in [4.69, 9.17) is 4.52 Å². The number of rotatable bonds is 6. The molecule has 0 bridgehead atoms. The quantitative estimate of drug-likeness (QED) is 0.631. The van der Waals surface area contributed by atoms with Gasteiger partial charge in [0, 0.05) is 25.6 Å². The van der Waals surface area contributed by atoms with E-state index in [1.165, 1.54) is 12.1 Å². The molecule has 0 atom stereocenters. The van der Waals surface area contributed by atoms with E-state index in [1.54, 1.807) is 19.1 Å². The van der Waals surface area contributed by atoms with Crippen molar-refractivity contribution in [1.29, 1.82) is 0 Å². The lowest BCUT2D eigenvalue weighted by Gasteiger charge is -2.03. The SMILES string of the molecule is Cc1nc(CC(=O)NCCc2ccc([N+](=O)[O-])cc2)no1. The second kappa shape index (κ2) is 6.60. The van der Waals surface area contributed by atoms with Gasteiger partial charge in [0.25, 0.3) is 5.69 Å². The van der Waals surface area contributed by atoms with Gasteiger partial charge in [0.2, 0.25) is 11.8 Å². The molecule has 0 unspecified atom stereocenters. The number of nitro groups is 1. The van der Waals surface area contributed by atoms with Gasteiger partial charge in [0.1, 0.15) is 0 Å². The molecule has 8 nitrogen and oxygen atoms in total. The summed E-state index contributed by atoms with van der Waals surface area (Å²) in [6.45, 7) is 2.09. The van der Waals surface area contributed by atoms with Crippen LogP contribution in [0.3, 0.4) is 0 Å². The van der Waals surface area contributed by atoms with Gasteiger partial charge in [-0.3, -0.25) is 14.9 Å². The second-order valence-corrected chi connectivity index (χ2v) is 4.43. The topological polar surface area (TPSA) is 111 Å². The fourth-order valence-electron chi connectivity index (χ4n) is 1.75. The summed E-state index contributed by atoms with van der Waals surface area (Å²) in [5.74, 6) is 0.571. The number of non-ortho nitro benzene ring substituents is 1. The summed E-state index contributed by atoms with van der Waals surface area (Å²) < 4.78 is 4.77. The molecule has 8 heteroatoms. The number of aromatic nitrogens is 2. The van der Waals surface area contributed by atoms with Crippen molar-refractivity contribution in [3.63, 3.8) is 0 Å². The summed E-state index contributed by atoms with van der Waals surface area (Å²) >= 11 is 0. The lowest BCUT2D eigenvalue weighted by Crippen LogP contribution is -2.27. The van der Waals surface area contributed by atoms with E-state index in [2.05, 4.69) is 15.5 Å². The number of nitro benzene ring substituents is 1. The Hall–Kier alpha value is -2.77. The lowest BCUT2D eigenvalue weighted by molar-refractivity contribution is -0.384. The zero-order chi connectivity index (χ0) is 15.2. The van der Waals surface area contributed by atoms with E-state index in [1.807, 2.05) is 0 Å². The van der Waals surface area contributed by atoms with Crippen molar-refractivity contribution in [3.8, 4) is 0 Å². The largest absolute Gasteiger partial charge is 0.355 e. The van der Waals surface area contributed by atoms with E-state index in [0.29, 0.717) is 24.7 Å². The average Bonchev–Trinajstić information content (AvgIpc) is 2.84. The maximum absolute atomic E-state index is 11.6. The molecule has 1 N–H and O–H groups in total. The molecule has 2 rings (SSSR count). The number of hydrogen-bond acceptors (Lipinski definition) is 6. The van der Waals surface area contributed by atoms with Crippen molar-refractivity contribution in [2.45, 2.75) is 19.8 Å². The summed E-state index contributed by atoms with van der Waals surface area (Å²) in [6.07, 6.45) is 0.659. The van der Waals surface area contributed by atoms with Crippen LogP contribution in [0.4, 0.5) is 5.69 Å². The molecule has 0 saturated heterocycles. The van der Waals surface area contributed by atoms with E-state index < -0.39 is 4.92 Å². The summed E-state index contributed by atoms with van der Waals surface area (Å²) in [5, 5.41) is 16.9. The van der Waals surface area contributed by atoms with Gasteiger partial charge < -0.3 is 9.84 Å². The first kappa shape index (κ1) is 14.6. The molecular weight excluding hydrogens is 276 g/mol. The lowest BCUT2D eigenvalue weighted by atomic mass is 10.1. The molecule has 0 saturated carbocycles. The van der Waals surface area contributed by atoms with Crippen LogP contribution >= 0.6 is 0 Å². The van der Waals surface area contributed by atoms with Gasteiger partial charge >= 0.3 is 0 Å². The van der Waals surface area contributed by atoms with Crippen LogP contribution in [0.25, 0.3) is 0 Å². The molecule has 0 fully saturated rings. The number of aryl methyl sites for hydroxylation is 1. The zero-order valence-corrected chi connectivity index (χ0v) is 11.4. The van der Waals surface area contributed by atoms with Crippen LogP contribution in [0, 0.1) is 17.0 Å². The Morgan fingerprint density at radius 3 is 2.67 bits per heavy atom. The Morgan fingerprint density at radius 1 is 1.38 bits per heavy atom. The summed E-state index contributed by atoms with van der Waals surface area (Å²) in [6, 6.07) is 6.23. The molecular formula is C13H14N4O4. The van der Waals surface area contributed by atoms with Gasteiger partial charge in [0.05, 0.1) is 11.3 Å². The van der Waals surface area contributed by atoms with Crippen LogP contribution < -0.4 is 5.32 Å². The molecule has 0 aliphatic rings. The Bertz CT molecular complexity index is 636. The van der Waals surface area contributed by atoms with Crippen molar-refractivity contribution >= 4 is 11.6 Å². The van der Waals surface area contributed by atoms with Crippen molar-refractivity contribution < 1.29 is 14.2 Å². The minimum Gasteiger partial charge on any atom is -0.355 e. The number of carbonyl (C=O) groups is 1. The highest BCUT2D eigenvalue weighted by Gasteiger charge is 2.09. The number of amides is 1. The molecule has 21 heavy (non-hydrogen) atoms. The highest BCUT2D eigenvalue weighted by atomic mass is 16.6. The molecule has 1 aromatic heterocycles.